The van der Waals surface area contributed by atoms with E-state index in [1.165, 1.54) is 36.4 Å². The van der Waals surface area contributed by atoms with E-state index in [-0.39, 0.29) is 49.7 Å². The predicted molar refractivity (Wildman–Crippen MR) is 217 cm³/mol. The van der Waals surface area contributed by atoms with Gasteiger partial charge >= 0.3 is 17.9 Å². The van der Waals surface area contributed by atoms with Gasteiger partial charge in [0, 0.05) is 13.0 Å². The summed E-state index contributed by atoms with van der Waals surface area (Å²) in [6.07, 6.45) is -2.30. The van der Waals surface area contributed by atoms with Crippen LogP contribution in [-0.2, 0) is 56.0 Å². The molecule has 0 aromatic heterocycles. The molecule has 0 unspecified atom stereocenters. The van der Waals surface area contributed by atoms with E-state index in [0.29, 0.717) is 11.1 Å². The second-order valence-corrected chi connectivity index (χ2v) is 14.0. The Balaban J connectivity index is 2.31. The number of aromatic hydroxyl groups is 2. The Morgan fingerprint density at radius 2 is 0.952 bits per heavy atom. The van der Waals surface area contributed by atoms with Gasteiger partial charge < -0.3 is 74.6 Å². The van der Waals surface area contributed by atoms with E-state index in [2.05, 4.69) is 26.3 Å². The van der Waals surface area contributed by atoms with Gasteiger partial charge in [-0.2, -0.15) is 0 Å². The molecule has 6 amide bonds. The third-order valence-corrected chi connectivity index (χ3v) is 8.82. The number of carbonyl (C=O) groups is 9. The van der Waals surface area contributed by atoms with Gasteiger partial charge in [0.15, 0.2) is 5.96 Å². The van der Waals surface area contributed by atoms with Crippen molar-refractivity contribution in [2.45, 2.75) is 94.7 Å². The van der Waals surface area contributed by atoms with Crippen LogP contribution >= 0.6 is 0 Å². The maximum absolute atomic E-state index is 13.9. The molecule has 2 rings (SSSR count). The molecule has 338 valence electrons. The van der Waals surface area contributed by atoms with Gasteiger partial charge in [-0.15, -0.1) is 0 Å². The lowest BCUT2D eigenvalue weighted by Crippen LogP contribution is -2.59. The van der Waals surface area contributed by atoms with Crippen molar-refractivity contribution in [3.63, 3.8) is 0 Å². The van der Waals surface area contributed by atoms with E-state index in [1.807, 2.05) is 10.6 Å². The topological polar surface area (TPSA) is 417 Å². The van der Waals surface area contributed by atoms with Crippen LogP contribution in [-0.4, -0.2) is 134 Å². The van der Waals surface area contributed by atoms with Crippen LogP contribution in [0.4, 0.5) is 0 Å². The molecule has 17 N–H and O–H groups in total. The standard InChI is InChI=1S/C38H52N10O14/c1-18(31(55)46-28(17-30(53)54)36(60)48-27(16-29(51)52)34(58)44-19(2)37(61)62)43-33(57)25(4-3-13-42-38(40)41)45-35(59)26(15-21-7-11-23(50)12-8-21)47-32(56)24(39)14-20-5-9-22(49)10-6-20/h5-12,18-19,24-28,49-50H,3-4,13-17,39H2,1-2H3,(H,43,57)(H,44,58)(H,45,59)(H,46,55)(H,47,56)(H,48,60)(H,51,52)(H,53,54)(H,61,62)(H4,40,41,42)/t18-,19-,24-,25-,26-,27-,28-/m0/s1. The van der Waals surface area contributed by atoms with Crippen molar-refractivity contribution in [3.8, 4) is 11.5 Å². The molecular weight excluding hydrogens is 820 g/mol. The molecule has 24 heteroatoms. The number of nitrogens with zero attached hydrogens (tertiary/aromatic N) is 1. The highest BCUT2D eigenvalue weighted by molar-refractivity contribution is 5.98. The first kappa shape index (κ1) is 50.6. The highest BCUT2D eigenvalue weighted by Crippen LogP contribution is 2.14. The summed E-state index contributed by atoms with van der Waals surface area (Å²) in [7, 11) is 0. The van der Waals surface area contributed by atoms with Gasteiger partial charge in [-0.25, -0.2) is 0 Å². The monoisotopic (exact) mass is 872 g/mol. The fourth-order valence-electron chi connectivity index (χ4n) is 5.47. The van der Waals surface area contributed by atoms with Crippen LogP contribution in [0, 0.1) is 0 Å². The summed E-state index contributed by atoms with van der Waals surface area (Å²) < 4.78 is 0. The predicted octanol–water partition coefficient (Wildman–Crippen LogP) is -3.75. The first-order valence-electron chi connectivity index (χ1n) is 18.9. The third kappa shape index (κ3) is 18.2. The largest absolute Gasteiger partial charge is 0.508 e. The van der Waals surface area contributed by atoms with Crippen LogP contribution in [0.25, 0.3) is 0 Å². The van der Waals surface area contributed by atoms with Crippen molar-refractivity contribution in [1.29, 1.82) is 0 Å². The Morgan fingerprint density at radius 3 is 1.44 bits per heavy atom. The molecule has 0 bridgehead atoms. The van der Waals surface area contributed by atoms with E-state index in [1.54, 1.807) is 12.1 Å². The number of carboxylic acid groups (broad SMARTS) is 3. The van der Waals surface area contributed by atoms with Crippen LogP contribution in [0.2, 0.25) is 0 Å². The number of hydrogen-bond acceptors (Lipinski definition) is 13. The van der Waals surface area contributed by atoms with Crippen molar-refractivity contribution in [1.82, 2.24) is 31.9 Å². The highest BCUT2D eigenvalue weighted by Gasteiger charge is 2.34. The SMILES string of the molecule is C[C@H](NC(=O)[C@H](CC(=O)O)NC(=O)[C@H](CC(=O)O)NC(=O)[C@H](C)NC(=O)[C@H](CCCN=C(N)N)NC(=O)[C@H](Cc1ccc(O)cc1)NC(=O)[C@@H](N)Cc1ccc(O)cc1)C(=O)O. The Bertz CT molecular complexity index is 1960. The van der Waals surface area contributed by atoms with Gasteiger partial charge in [0.25, 0.3) is 0 Å². The van der Waals surface area contributed by atoms with Crippen LogP contribution in [0.5, 0.6) is 11.5 Å². The minimum atomic E-state index is -1.94. The van der Waals surface area contributed by atoms with Crippen molar-refractivity contribution >= 4 is 59.3 Å². The van der Waals surface area contributed by atoms with Gasteiger partial charge in [-0.1, -0.05) is 24.3 Å². The number of phenolic OH excluding ortho intramolecular Hbond substituents is 2. The maximum Gasteiger partial charge on any atom is 0.325 e. The van der Waals surface area contributed by atoms with Gasteiger partial charge in [0.1, 0.15) is 47.8 Å². The summed E-state index contributed by atoms with van der Waals surface area (Å²) in [6.45, 7) is 2.22. The van der Waals surface area contributed by atoms with Crippen LogP contribution in [0.3, 0.4) is 0 Å². The van der Waals surface area contributed by atoms with Crippen LogP contribution in [0.1, 0.15) is 50.7 Å². The number of carboxylic acids is 3. The number of carbonyl (C=O) groups excluding carboxylic acids is 6. The number of aliphatic imine (C=N–C) groups is 1. The number of benzene rings is 2. The molecule has 0 radical (unpaired) electrons. The molecule has 0 spiro atoms. The average molecular weight is 873 g/mol. The van der Waals surface area contributed by atoms with Crippen LogP contribution < -0.4 is 49.1 Å². The molecule has 2 aromatic rings. The van der Waals surface area contributed by atoms with E-state index >= 15 is 0 Å². The van der Waals surface area contributed by atoms with Gasteiger partial charge in [-0.3, -0.25) is 48.1 Å². The summed E-state index contributed by atoms with van der Waals surface area (Å²) in [5.41, 5.74) is 18.1. The van der Waals surface area contributed by atoms with Gasteiger partial charge in [0.05, 0.1) is 18.9 Å². The molecule has 0 fully saturated rings. The molecule has 0 heterocycles. The average Bonchev–Trinajstić information content (AvgIpc) is 3.18. The molecule has 2 aromatic carbocycles. The molecule has 7 atom stereocenters. The lowest BCUT2D eigenvalue weighted by atomic mass is 10.0. The minimum absolute atomic E-state index is 0.0000936. The molecule has 62 heavy (non-hydrogen) atoms. The zero-order valence-electron chi connectivity index (χ0n) is 33.7. The molecule has 0 saturated heterocycles. The first-order chi connectivity index (χ1) is 29.1. The second-order valence-electron chi connectivity index (χ2n) is 14.0. The second kappa shape index (κ2) is 24.6. The summed E-state index contributed by atoms with van der Waals surface area (Å²) >= 11 is 0. The quantitative estimate of drug-likeness (QED) is 0.0259. The molecule has 0 aliphatic rings. The lowest BCUT2D eigenvalue weighted by molar-refractivity contribution is -0.144. The highest BCUT2D eigenvalue weighted by atomic mass is 16.4. The Kier molecular flexibility index (Phi) is 20.1. The molecule has 0 saturated carbocycles. The number of amides is 6. The summed E-state index contributed by atoms with van der Waals surface area (Å²) in [6, 6.07) is 0.799. The molecule has 0 aliphatic heterocycles. The van der Waals surface area contributed by atoms with E-state index in [4.69, 9.17) is 22.3 Å². The number of rotatable bonds is 25. The normalized spacial score (nSPS) is 14.1. The number of phenols is 2. The Hall–Kier alpha value is -7.50. The van der Waals surface area contributed by atoms with Crippen molar-refractivity contribution in [2.24, 2.45) is 22.2 Å². The number of nitrogens with two attached hydrogens (primary N) is 3. The molecule has 0 aliphatic carbocycles. The summed E-state index contributed by atoms with van der Waals surface area (Å²) in [5, 5.41) is 60.7. The zero-order valence-corrected chi connectivity index (χ0v) is 33.7. The van der Waals surface area contributed by atoms with Crippen molar-refractivity contribution < 1.29 is 68.7 Å². The number of aliphatic carboxylic acids is 3. The van der Waals surface area contributed by atoms with E-state index < -0.39 is 108 Å². The summed E-state index contributed by atoms with van der Waals surface area (Å²) in [4.78, 5) is 118. The van der Waals surface area contributed by atoms with Gasteiger partial charge in [-0.05, 0) is 68.5 Å². The Morgan fingerprint density at radius 1 is 0.548 bits per heavy atom. The third-order valence-electron chi connectivity index (χ3n) is 8.82. The minimum Gasteiger partial charge on any atom is -0.508 e. The van der Waals surface area contributed by atoms with Crippen LogP contribution in [0.15, 0.2) is 53.5 Å². The lowest BCUT2D eigenvalue weighted by Gasteiger charge is -2.26. The zero-order chi connectivity index (χ0) is 46.7. The first-order valence-corrected chi connectivity index (χ1v) is 18.9. The Labute approximate surface area is 354 Å². The van der Waals surface area contributed by atoms with Crippen molar-refractivity contribution in [3.05, 3.63) is 59.7 Å². The van der Waals surface area contributed by atoms with Crippen molar-refractivity contribution in [2.75, 3.05) is 6.54 Å². The fraction of sp³-hybridized carbons (Fsp3) is 0.421. The molecular formula is C38H52N10O14. The van der Waals surface area contributed by atoms with E-state index in [9.17, 15) is 63.6 Å². The number of hydrogen-bond donors (Lipinski definition) is 14. The maximum atomic E-state index is 13.9. The van der Waals surface area contributed by atoms with E-state index in [0.717, 1.165) is 13.8 Å². The number of nitrogens with one attached hydrogen (secondary N) is 6. The smallest absolute Gasteiger partial charge is 0.325 e. The fourth-order valence-corrected chi connectivity index (χ4v) is 5.47. The number of guanidine groups is 1. The van der Waals surface area contributed by atoms with Gasteiger partial charge in [0.2, 0.25) is 35.4 Å². The summed E-state index contributed by atoms with van der Waals surface area (Å²) in [5.74, 6) is -11.3. The molecule has 24 nitrogen and oxygen atoms in total.